The molecule has 0 saturated heterocycles. The minimum Gasteiger partial charge on any atom is -0.232 e. The molecule has 0 aliphatic carbocycles. The number of halogens is 5. The van der Waals surface area contributed by atoms with E-state index in [-0.39, 0.29) is 11.8 Å². The summed E-state index contributed by atoms with van der Waals surface area (Å²) < 4.78 is 75.0. The third kappa shape index (κ3) is 3.45. The van der Waals surface area contributed by atoms with E-state index >= 15 is 8.78 Å². The van der Waals surface area contributed by atoms with Crippen LogP contribution < -0.4 is 5.46 Å². The van der Waals surface area contributed by atoms with Gasteiger partial charge in [-0.2, -0.15) is 6.32 Å². The average Bonchev–Trinajstić information content (AvgIpc) is 2.82. The van der Waals surface area contributed by atoms with Crippen LogP contribution in [0.25, 0.3) is 0 Å². The molecule has 0 N–H and O–H groups in total. The standard InChI is InChI=1S/C26H31BF5N/c1-13(2)15-9-8-10-16-14(3)11-27(17-18(28)20(30)22(32)21(31)19(17)29)24-25(4,5)12-26(6,7)33(24)23(15)16/h8-10,13-14,27H,11-12H2,1-7H3/t14-,27+/m1/s1. The summed E-state index contributed by atoms with van der Waals surface area (Å²) in [6, 6.07) is 6.10. The average molecular weight is 463 g/mol. The van der Waals surface area contributed by atoms with Crippen LogP contribution in [0.1, 0.15) is 77.8 Å². The van der Waals surface area contributed by atoms with E-state index < -0.39 is 52.2 Å². The largest absolute Gasteiger partial charge is 0.232 e. The maximum absolute atomic E-state index is 15.2. The first-order valence-electron chi connectivity index (χ1n) is 11.7. The second-order valence-electron chi connectivity index (χ2n) is 11.5. The summed E-state index contributed by atoms with van der Waals surface area (Å²) in [4.78, 5) is 0. The lowest BCUT2D eigenvalue weighted by atomic mass is 9.34. The minimum atomic E-state index is -2.10. The van der Waals surface area contributed by atoms with E-state index in [1.807, 2.05) is 32.9 Å². The summed E-state index contributed by atoms with van der Waals surface area (Å²) in [5.74, 6) is -9.13. The van der Waals surface area contributed by atoms with Crippen molar-refractivity contribution in [1.29, 1.82) is 0 Å². The van der Waals surface area contributed by atoms with Gasteiger partial charge in [0, 0.05) is 36.8 Å². The summed E-state index contributed by atoms with van der Waals surface area (Å²) in [7, 11) is 0. The molecule has 4 rings (SSSR count). The normalized spacial score (nSPS) is 23.5. The highest BCUT2D eigenvalue weighted by Gasteiger charge is 2.54. The lowest BCUT2D eigenvalue weighted by Crippen LogP contribution is -2.50. The van der Waals surface area contributed by atoms with Gasteiger partial charge in [-0.05, 0) is 17.4 Å². The molecule has 0 bridgehead atoms. The Labute approximate surface area is 192 Å². The van der Waals surface area contributed by atoms with Crippen molar-refractivity contribution in [2.75, 3.05) is 0 Å². The van der Waals surface area contributed by atoms with Crippen LogP contribution in [-0.2, 0) is 0 Å². The summed E-state index contributed by atoms with van der Waals surface area (Å²) in [6.07, 6.45) is 1.03. The Kier molecular flexibility index (Phi) is 5.57. The van der Waals surface area contributed by atoms with Gasteiger partial charge in [0.25, 0.3) is 0 Å². The molecule has 2 heterocycles. The first-order chi connectivity index (χ1) is 15.2. The van der Waals surface area contributed by atoms with E-state index in [2.05, 4.69) is 38.3 Å². The molecule has 2 atom stereocenters. The zero-order valence-electron chi connectivity index (χ0n) is 20.3. The van der Waals surface area contributed by atoms with Crippen molar-refractivity contribution in [2.24, 2.45) is 5.41 Å². The van der Waals surface area contributed by atoms with Crippen molar-refractivity contribution in [3.63, 3.8) is 0 Å². The number of hydrogen-bond donors (Lipinski definition) is 0. The molecule has 2 aromatic carbocycles. The predicted molar refractivity (Wildman–Crippen MR) is 124 cm³/mol. The number of benzene rings is 2. The first-order valence-corrected chi connectivity index (χ1v) is 11.7. The van der Waals surface area contributed by atoms with Gasteiger partial charge < -0.3 is 0 Å². The van der Waals surface area contributed by atoms with Gasteiger partial charge in [-0.1, -0.05) is 52.8 Å². The number of fused-ring (bicyclic) bond motifs is 2. The molecule has 33 heavy (non-hydrogen) atoms. The third-order valence-electron chi connectivity index (χ3n) is 7.86. The lowest BCUT2D eigenvalue weighted by Gasteiger charge is -2.31. The SMILES string of the molecule is CC(C)c1cccc2c1[N+]1=C([B@H-](c3c(F)c(F)c(F)c(F)c3F)C[C@H]2C)C(C)(C)CC1(C)C. The van der Waals surface area contributed by atoms with E-state index in [4.69, 9.17) is 0 Å². The molecule has 0 unspecified atom stereocenters. The fourth-order valence-corrected chi connectivity index (χ4v) is 6.90. The third-order valence-corrected chi connectivity index (χ3v) is 7.86. The Bertz CT molecular complexity index is 1150. The Balaban J connectivity index is 2.16. The van der Waals surface area contributed by atoms with Crippen molar-refractivity contribution < 1.29 is 26.5 Å². The van der Waals surface area contributed by atoms with Crippen LogP contribution in [0.3, 0.4) is 0 Å². The summed E-state index contributed by atoms with van der Waals surface area (Å²) >= 11 is 0. The predicted octanol–water partition coefficient (Wildman–Crippen LogP) is 6.59. The monoisotopic (exact) mass is 463 g/mol. The highest BCUT2D eigenvalue weighted by atomic mass is 19.2. The lowest BCUT2D eigenvalue weighted by molar-refractivity contribution is -0.514. The minimum absolute atomic E-state index is 0.113. The first kappa shape index (κ1) is 24.0. The van der Waals surface area contributed by atoms with E-state index in [1.165, 1.54) is 0 Å². The molecule has 7 heteroatoms. The van der Waals surface area contributed by atoms with Gasteiger partial charge >= 0.3 is 0 Å². The summed E-state index contributed by atoms with van der Waals surface area (Å²) in [6.45, 7) is 12.3. The van der Waals surface area contributed by atoms with Gasteiger partial charge in [-0.25, -0.2) is 26.5 Å². The van der Waals surface area contributed by atoms with Crippen LogP contribution in [-0.4, -0.2) is 22.4 Å². The molecule has 0 radical (unpaired) electrons. The molecule has 0 saturated carbocycles. The molecular formula is C26H31BF5N. The molecule has 2 aliphatic heterocycles. The molecule has 0 spiro atoms. The maximum atomic E-state index is 15.2. The smallest absolute Gasteiger partial charge is 0.209 e. The Morgan fingerprint density at radius 3 is 2.00 bits per heavy atom. The Hall–Kier alpha value is -2.18. The number of nitrogens with zero attached hydrogens (tertiary/aromatic N) is 1. The second-order valence-corrected chi connectivity index (χ2v) is 11.5. The van der Waals surface area contributed by atoms with Crippen LogP contribution >= 0.6 is 0 Å². The molecule has 2 aliphatic rings. The Morgan fingerprint density at radius 2 is 1.45 bits per heavy atom. The fraction of sp³-hybridized carbons (Fsp3) is 0.500. The van der Waals surface area contributed by atoms with E-state index in [1.54, 1.807) is 0 Å². The van der Waals surface area contributed by atoms with Crippen LogP contribution in [0.15, 0.2) is 18.2 Å². The summed E-state index contributed by atoms with van der Waals surface area (Å²) in [5, 5.41) is 0. The van der Waals surface area contributed by atoms with Gasteiger partial charge in [0.05, 0.1) is 0 Å². The number of para-hydroxylation sites is 1. The van der Waals surface area contributed by atoms with Crippen LogP contribution in [0.4, 0.5) is 27.6 Å². The number of rotatable bonds is 2. The van der Waals surface area contributed by atoms with Crippen LogP contribution in [0.5, 0.6) is 0 Å². The zero-order chi connectivity index (χ0) is 24.6. The van der Waals surface area contributed by atoms with Gasteiger partial charge in [-0.15, -0.1) is 5.46 Å². The van der Waals surface area contributed by atoms with Crippen molar-refractivity contribution in [3.05, 3.63) is 58.4 Å². The van der Waals surface area contributed by atoms with Crippen molar-refractivity contribution in [2.45, 2.75) is 78.6 Å². The quantitative estimate of drug-likeness (QED) is 0.155. The van der Waals surface area contributed by atoms with E-state index in [9.17, 15) is 13.2 Å². The van der Waals surface area contributed by atoms with Crippen molar-refractivity contribution in [3.8, 4) is 0 Å². The van der Waals surface area contributed by atoms with Gasteiger partial charge in [0.2, 0.25) is 5.69 Å². The van der Waals surface area contributed by atoms with Crippen molar-refractivity contribution >= 4 is 23.5 Å². The van der Waals surface area contributed by atoms with E-state index in [0.29, 0.717) is 12.7 Å². The highest BCUT2D eigenvalue weighted by Crippen LogP contribution is 2.50. The van der Waals surface area contributed by atoms with Gasteiger partial charge in [0.1, 0.15) is 18.3 Å². The molecule has 0 aromatic heterocycles. The van der Waals surface area contributed by atoms with Crippen LogP contribution in [0, 0.1) is 34.5 Å². The molecule has 0 amide bonds. The number of hydrogen-bond acceptors (Lipinski definition) is 0. The summed E-state index contributed by atoms with van der Waals surface area (Å²) in [5.41, 5.74) is 2.51. The Morgan fingerprint density at radius 1 is 0.909 bits per heavy atom. The maximum Gasteiger partial charge on any atom is 0.209 e. The topological polar surface area (TPSA) is 3.01 Å². The molecule has 178 valence electrons. The van der Waals surface area contributed by atoms with Crippen LogP contribution in [0.2, 0.25) is 6.32 Å². The molecule has 1 nitrogen and oxygen atoms in total. The van der Waals surface area contributed by atoms with Crippen molar-refractivity contribution in [1.82, 2.24) is 0 Å². The molecular weight excluding hydrogens is 432 g/mol. The fourth-order valence-electron chi connectivity index (χ4n) is 6.90. The second kappa shape index (κ2) is 7.67. The zero-order valence-corrected chi connectivity index (χ0v) is 20.3. The van der Waals surface area contributed by atoms with Gasteiger partial charge in [0.15, 0.2) is 23.0 Å². The molecule has 0 fully saturated rings. The van der Waals surface area contributed by atoms with E-state index in [0.717, 1.165) is 22.4 Å². The highest BCUT2D eigenvalue weighted by molar-refractivity contribution is 7.00. The molecule has 2 aromatic rings. The van der Waals surface area contributed by atoms with Gasteiger partial charge in [-0.3, -0.25) is 0 Å².